The summed E-state index contributed by atoms with van der Waals surface area (Å²) in [6, 6.07) is 0.822. The minimum absolute atomic E-state index is 0.366. The molecule has 0 aromatic heterocycles. The first kappa shape index (κ1) is 15.1. The molecule has 0 spiro atoms. The highest BCUT2D eigenvalue weighted by atomic mass is 19.2. The van der Waals surface area contributed by atoms with E-state index >= 15 is 0 Å². The van der Waals surface area contributed by atoms with E-state index < -0.39 is 45.4 Å². The Labute approximate surface area is 118 Å². The summed E-state index contributed by atoms with van der Waals surface area (Å²) < 4.78 is 27.1. The molecule has 8 heteroatoms. The van der Waals surface area contributed by atoms with Crippen LogP contribution in [0.15, 0.2) is 12.1 Å². The molecule has 1 fully saturated rings. The van der Waals surface area contributed by atoms with Crippen molar-refractivity contribution < 1.29 is 23.6 Å². The van der Waals surface area contributed by atoms with Gasteiger partial charge in [-0.05, 0) is 25.8 Å². The minimum atomic E-state index is -1.37. The van der Waals surface area contributed by atoms with Crippen molar-refractivity contribution in [3.8, 4) is 0 Å². The van der Waals surface area contributed by atoms with Gasteiger partial charge in [0.15, 0.2) is 17.3 Å². The highest BCUT2D eigenvalue weighted by Crippen LogP contribution is 2.41. The van der Waals surface area contributed by atoms with Crippen LogP contribution in [0.2, 0.25) is 0 Å². The van der Waals surface area contributed by atoms with Crippen LogP contribution >= 0.6 is 0 Å². The molecule has 2 unspecified atom stereocenters. The molecular weight excluding hydrogens is 286 g/mol. The number of carboxylic acids is 1. The van der Waals surface area contributed by atoms with Crippen LogP contribution in [0.1, 0.15) is 26.2 Å². The number of nitrogens with one attached hydrogen (secondary N) is 1. The van der Waals surface area contributed by atoms with Gasteiger partial charge >= 0.3 is 5.97 Å². The van der Waals surface area contributed by atoms with E-state index in [1.54, 1.807) is 0 Å². The lowest BCUT2D eigenvalue weighted by Crippen LogP contribution is -2.40. The molecule has 1 aromatic rings. The van der Waals surface area contributed by atoms with Crippen molar-refractivity contribution in [2.24, 2.45) is 5.41 Å². The normalized spacial score (nSPS) is 24.8. The Kier molecular flexibility index (Phi) is 3.80. The molecule has 1 saturated carbocycles. The van der Waals surface area contributed by atoms with Gasteiger partial charge in [-0.2, -0.15) is 0 Å². The quantitative estimate of drug-likeness (QED) is 0.659. The maximum atomic E-state index is 13.8. The van der Waals surface area contributed by atoms with Gasteiger partial charge in [0.05, 0.1) is 10.3 Å². The fourth-order valence-corrected chi connectivity index (χ4v) is 2.66. The lowest BCUT2D eigenvalue weighted by Gasteiger charge is -2.28. The summed E-state index contributed by atoms with van der Waals surface area (Å²) in [6.45, 7) is 1.49. The molecule has 114 valence electrons. The first-order chi connectivity index (χ1) is 9.77. The molecule has 0 amide bonds. The molecule has 0 saturated heterocycles. The van der Waals surface area contributed by atoms with Gasteiger partial charge in [-0.3, -0.25) is 14.9 Å². The van der Waals surface area contributed by atoms with Gasteiger partial charge in [-0.15, -0.1) is 0 Å². The molecule has 0 bridgehead atoms. The van der Waals surface area contributed by atoms with E-state index in [1.807, 2.05) is 0 Å². The Hall–Kier alpha value is -2.25. The van der Waals surface area contributed by atoms with Gasteiger partial charge in [0.1, 0.15) is 0 Å². The SMILES string of the molecule is CC1(C(=O)O)CCCC1Nc1c([N+](=O)[O-])ccc(F)c1F. The van der Waals surface area contributed by atoms with Crippen molar-refractivity contribution >= 4 is 17.3 Å². The number of hydrogen-bond donors (Lipinski definition) is 2. The fraction of sp³-hybridized carbons (Fsp3) is 0.462. The third-order valence-electron chi connectivity index (χ3n) is 4.03. The molecule has 0 radical (unpaired) electrons. The Morgan fingerprint density at radius 2 is 2.19 bits per heavy atom. The van der Waals surface area contributed by atoms with Gasteiger partial charge in [-0.1, -0.05) is 6.42 Å². The van der Waals surface area contributed by atoms with E-state index in [2.05, 4.69) is 5.32 Å². The van der Waals surface area contributed by atoms with E-state index in [-0.39, 0.29) is 0 Å². The van der Waals surface area contributed by atoms with Crippen molar-refractivity contribution in [3.05, 3.63) is 33.9 Å². The van der Waals surface area contributed by atoms with Crippen LogP contribution in [-0.4, -0.2) is 22.0 Å². The summed E-state index contributed by atoms with van der Waals surface area (Å²) in [4.78, 5) is 21.4. The number of carbonyl (C=O) groups is 1. The van der Waals surface area contributed by atoms with E-state index in [4.69, 9.17) is 0 Å². The maximum Gasteiger partial charge on any atom is 0.311 e. The number of aliphatic carboxylic acids is 1. The average Bonchev–Trinajstić information content (AvgIpc) is 2.78. The van der Waals surface area contributed by atoms with Crippen molar-refractivity contribution in [3.63, 3.8) is 0 Å². The number of rotatable bonds is 4. The zero-order valence-corrected chi connectivity index (χ0v) is 11.2. The Morgan fingerprint density at radius 1 is 1.52 bits per heavy atom. The van der Waals surface area contributed by atoms with E-state index in [0.717, 1.165) is 6.07 Å². The van der Waals surface area contributed by atoms with Crippen LogP contribution in [-0.2, 0) is 4.79 Å². The van der Waals surface area contributed by atoms with Gasteiger partial charge in [-0.25, -0.2) is 8.78 Å². The summed E-state index contributed by atoms with van der Waals surface area (Å²) in [6.07, 6.45) is 1.37. The smallest absolute Gasteiger partial charge is 0.311 e. The molecule has 1 aliphatic rings. The monoisotopic (exact) mass is 300 g/mol. The largest absolute Gasteiger partial charge is 0.481 e. The third kappa shape index (κ3) is 2.53. The number of halogens is 2. The fourth-order valence-electron chi connectivity index (χ4n) is 2.66. The van der Waals surface area contributed by atoms with Gasteiger partial charge < -0.3 is 10.4 Å². The Bertz CT molecular complexity index is 608. The van der Waals surface area contributed by atoms with Gasteiger partial charge in [0, 0.05) is 12.1 Å². The summed E-state index contributed by atoms with van der Waals surface area (Å²) in [7, 11) is 0. The van der Waals surface area contributed by atoms with Gasteiger partial charge in [0.2, 0.25) is 0 Å². The van der Waals surface area contributed by atoms with E-state index in [1.165, 1.54) is 6.92 Å². The molecule has 0 heterocycles. The van der Waals surface area contributed by atoms with Crippen LogP contribution in [0.25, 0.3) is 0 Å². The number of carboxylic acid groups (broad SMARTS) is 1. The van der Waals surface area contributed by atoms with Crippen molar-refractivity contribution in [1.82, 2.24) is 0 Å². The number of benzene rings is 1. The zero-order valence-electron chi connectivity index (χ0n) is 11.2. The van der Waals surface area contributed by atoms with Crippen LogP contribution in [0.5, 0.6) is 0 Å². The standard InChI is InChI=1S/C13H14F2N2O4/c1-13(12(18)19)6-2-3-9(13)16-11-8(17(20)21)5-4-7(14)10(11)15/h4-5,9,16H,2-3,6H2,1H3,(H,18,19). The first-order valence-electron chi connectivity index (χ1n) is 6.39. The highest BCUT2D eigenvalue weighted by molar-refractivity contribution is 5.77. The summed E-state index contributed by atoms with van der Waals surface area (Å²) >= 11 is 0. The van der Waals surface area contributed by atoms with Gasteiger partial charge in [0.25, 0.3) is 5.69 Å². The lowest BCUT2D eigenvalue weighted by atomic mass is 9.84. The summed E-state index contributed by atoms with van der Waals surface area (Å²) in [5.41, 5.74) is -2.39. The third-order valence-corrected chi connectivity index (χ3v) is 4.03. The van der Waals surface area contributed by atoms with Crippen LogP contribution in [0.4, 0.5) is 20.2 Å². The van der Waals surface area contributed by atoms with E-state index in [9.17, 15) is 28.8 Å². The Morgan fingerprint density at radius 3 is 2.76 bits per heavy atom. The number of anilines is 1. The predicted molar refractivity (Wildman–Crippen MR) is 70.0 cm³/mol. The second kappa shape index (κ2) is 5.27. The first-order valence-corrected chi connectivity index (χ1v) is 6.39. The number of nitrogens with zero attached hydrogens (tertiary/aromatic N) is 1. The number of nitro groups is 1. The Balaban J connectivity index is 2.42. The second-order valence-electron chi connectivity index (χ2n) is 5.32. The molecule has 0 aliphatic heterocycles. The molecule has 21 heavy (non-hydrogen) atoms. The molecule has 2 rings (SSSR count). The van der Waals surface area contributed by atoms with E-state index in [0.29, 0.717) is 25.3 Å². The highest BCUT2D eigenvalue weighted by Gasteiger charge is 2.46. The molecule has 2 atom stereocenters. The summed E-state index contributed by atoms with van der Waals surface area (Å²) in [5.74, 6) is -3.67. The van der Waals surface area contributed by atoms with Crippen LogP contribution < -0.4 is 5.32 Å². The number of hydrogen-bond acceptors (Lipinski definition) is 4. The average molecular weight is 300 g/mol. The zero-order chi connectivity index (χ0) is 15.8. The summed E-state index contributed by atoms with van der Waals surface area (Å²) in [5, 5.41) is 22.7. The molecule has 2 N–H and O–H groups in total. The molecule has 1 aromatic carbocycles. The van der Waals surface area contributed by atoms with Crippen molar-refractivity contribution in [2.75, 3.05) is 5.32 Å². The maximum absolute atomic E-state index is 13.8. The van der Waals surface area contributed by atoms with Crippen LogP contribution in [0, 0.1) is 27.2 Å². The topological polar surface area (TPSA) is 92.5 Å². The molecular formula is C13H14F2N2O4. The van der Waals surface area contributed by atoms with Crippen molar-refractivity contribution in [1.29, 1.82) is 0 Å². The lowest BCUT2D eigenvalue weighted by molar-refractivity contribution is -0.384. The molecule has 6 nitrogen and oxygen atoms in total. The van der Waals surface area contributed by atoms with Crippen LogP contribution in [0.3, 0.4) is 0 Å². The van der Waals surface area contributed by atoms with Crippen molar-refractivity contribution in [2.45, 2.75) is 32.2 Å². The molecule has 1 aliphatic carbocycles. The minimum Gasteiger partial charge on any atom is -0.481 e. The number of nitro benzene ring substituents is 1. The second-order valence-corrected chi connectivity index (χ2v) is 5.32. The predicted octanol–water partition coefficient (Wildman–Crippen LogP) is 2.93.